The van der Waals surface area contributed by atoms with Crippen LogP contribution in [0.4, 0.5) is 0 Å². The minimum absolute atomic E-state index is 0.153. The topological polar surface area (TPSA) is 49.7 Å². The van der Waals surface area contributed by atoms with Crippen molar-refractivity contribution in [2.24, 2.45) is 0 Å². The molecule has 2 N–H and O–H groups in total. The fourth-order valence-corrected chi connectivity index (χ4v) is 1.32. The van der Waals surface area contributed by atoms with Gasteiger partial charge in [0.2, 0.25) is 0 Å². The predicted octanol–water partition coefficient (Wildman–Crippen LogP) is 1.37. The van der Waals surface area contributed by atoms with Gasteiger partial charge < -0.3 is 14.9 Å². The first-order valence-electron chi connectivity index (χ1n) is 5.23. The molecule has 0 fully saturated rings. The Hall–Kier alpha value is -1.06. The van der Waals surface area contributed by atoms with Crippen LogP contribution in [0.3, 0.4) is 0 Å². The van der Waals surface area contributed by atoms with Crippen molar-refractivity contribution in [2.75, 3.05) is 13.2 Å². The van der Waals surface area contributed by atoms with Crippen LogP contribution >= 0.6 is 0 Å². The molecule has 84 valence electrons. The fraction of sp³-hybridized carbons (Fsp3) is 0.500. The lowest BCUT2D eigenvalue weighted by Crippen LogP contribution is -2.04. The van der Waals surface area contributed by atoms with Crippen LogP contribution in [-0.4, -0.2) is 29.5 Å². The molecule has 15 heavy (non-hydrogen) atoms. The normalized spacial score (nSPS) is 12.5. The zero-order valence-corrected chi connectivity index (χ0v) is 9.02. The van der Waals surface area contributed by atoms with Crippen LogP contribution in [0.15, 0.2) is 24.3 Å². The van der Waals surface area contributed by atoms with E-state index in [1.165, 1.54) is 0 Å². The van der Waals surface area contributed by atoms with Crippen molar-refractivity contribution in [1.29, 1.82) is 0 Å². The number of hydrogen-bond acceptors (Lipinski definition) is 3. The monoisotopic (exact) mass is 210 g/mol. The van der Waals surface area contributed by atoms with Gasteiger partial charge in [0.25, 0.3) is 0 Å². The van der Waals surface area contributed by atoms with Crippen LogP contribution in [-0.2, 0) is 6.42 Å². The molecule has 0 aliphatic heterocycles. The molecule has 0 spiro atoms. The van der Waals surface area contributed by atoms with E-state index in [0.717, 1.165) is 11.3 Å². The quantitative estimate of drug-likeness (QED) is 0.697. The van der Waals surface area contributed by atoms with Crippen molar-refractivity contribution >= 4 is 0 Å². The summed E-state index contributed by atoms with van der Waals surface area (Å²) < 4.78 is 5.38. The lowest BCUT2D eigenvalue weighted by Gasteiger charge is -2.07. The standard InChI is InChI=1S/C12H18O3/c1-10(14)9-11-3-5-12(6-4-11)15-8-2-7-13/h3-6,10,13-14H,2,7-9H2,1H3. The highest BCUT2D eigenvalue weighted by atomic mass is 16.5. The molecule has 0 heterocycles. The Morgan fingerprint density at radius 3 is 2.47 bits per heavy atom. The van der Waals surface area contributed by atoms with Gasteiger partial charge in [-0.25, -0.2) is 0 Å². The molecule has 0 radical (unpaired) electrons. The summed E-state index contributed by atoms with van der Waals surface area (Å²) in [5.41, 5.74) is 1.10. The average Bonchev–Trinajstić information content (AvgIpc) is 2.20. The molecule has 1 atom stereocenters. The maximum absolute atomic E-state index is 9.19. The zero-order valence-electron chi connectivity index (χ0n) is 9.02. The summed E-state index contributed by atoms with van der Waals surface area (Å²) in [7, 11) is 0. The van der Waals surface area contributed by atoms with E-state index in [1.54, 1.807) is 6.92 Å². The maximum atomic E-state index is 9.19. The lowest BCUT2D eigenvalue weighted by molar-refractivity contribution is 0.195. The number of rotatable bonds is 6. The molecule has 0 saturated heterocycles. The molecular formula is C12H18O3. The number of aliphatic hydroxyl groups excluding tert-OH is 2. The molecule has 1 aromatic carbocycles. The van der Waals surface area contributed by atoms with Crippen LogP contribution in [0.2, 0.25) is 0 Å². The van der Waals surface area contributed by atoms with Gasteiger partial charge in [-0.1, -0.05) is 12.1 Å². The number of hydrogen-bond donors (Lipinski definition) is 2. The van der Waals surface area contributed by atoms with E-state index < -0.39 is 0 Å². The van der Waals surface area contributed by atoms with Gasteiger partial charge in [-0.3, -0.25) is 0 Å². The molecule has 0 saturated carbocycles. The summed E-state index contributed by atoms with van der Waals surface area (Å²) in [4.78, 5) is 0. The Labute approximate surface area is 90.3 Å². The van der Waals surface area contributed by atoms with Gasteiger partial charge in [0.15, 0.2) is 0 Å². The van der Waals surface area contributed by atoms with Crippen molar-refractivity contribution in [1.82, 2.24) is 0 Å². The van der Waals surface area contributed by atoms with Crippen molar-refractivity contribution < 1.29 is 14.9 Å². The minimum atomic E-state index is -0.314. The summed E-state index contributed by atoms with van der Waals surface area (Å²) in [5.74, 6) is 0.804. The second-order valence-corrected chi connectivity index (χ2v) is 3.62. The highest BCUT2D eigenvalue weighted by Gasteiger charge is 1.99. The van der Waals surface area contributed by atoms with E-state index in [2.05, 4.69) is 0 Å². The fourth-order valence-electron chi connectivity index (χ4n) is 1.32. The Morgan fingerprint density at radius 1 is 1.27 bits per heavy atom. The first kappa shape index (κ1) is 12.0. The Kier molecular flexibility index (Phi) is 5.15. The summed E-state index contributed by atoms with van der Waals surface area (Å²) >= 11 is 0. The highest BCUT2D eigenvalue weighted by Crippen LogP contribution is 2.13. The van der Waals surface area contributed by atoms with Crippen LogP contribution in [0.5, 0.6) is 5.75 Å². The van der Waals surface area contributed by atoms with E-state index in [1.807, 2.05) is 24.3 Å². The Bertz CT molecular complexity index is 267. The zero-order chi connectivity index (χ0) is 11.1. The number of ether oxygens (including phenoxy) is 1. The molecule has 1 aromatic rings. The van der Waals surface area contributed by atoms with E-state index in [0.29, 0.717) is 19.4 Å². The molecule has 1 unspecified atom stereocenters. The third-order valence-electron chi connectivity index (χ3n) is 2.03. The Morgan fingerprint density at radius 2 is 1.93 bits per heavy atom. The molecule has 0 aromatic heterocycles. The van der Waals surface area contributed by atoms with Crippen molar-refractivity contribution in [2.45, 2.75) is 25.9 Å². The molecule has 0 amide bonds. The molecular weight excluding hydrogens is 192 g/mol. The largest absolute Gasteiger partial charge is 0.494 e. The van der Waals surface area contributed by atoms with Crippen molar-refractivity contribution in [3.8, 4) is 5.75 Å². The predicted molar refractivity (Wildman–Crippen MR) is 59.0 cm³/mol. The van der Waals surface area contributed by atoms with Crippen LogP contribution < -0.4 is 4.74 Å². The van der Waals surface area contributed by atoms with E-state index in [4.69, 9.17) is 9.84 Å². The average molecular weight is 210 g/mol. The smallest absolute Gasteiger partial charge is 0.119 e. The second-order valence-electron chi connectivity index (χ2n) is 3.62. The molecule has 3 nitrogen and oxygen atoms in total. The highest BCUT2D eigenvalue weighted by molar-refractivity contribution is 5.27. The minimum Gasteiger partial charge on any atom is -0.494 e. The number of aliphatic hydroxyl groups is 2. The van der Waals surface area contributed by atoms with Gasteiger partial charge in [0.1, 0.15) is 5.75 Å². The van der Waals surface area contributed by atoms with Gasteiger partial charge >= 0.3 is 0 Å². The third-order valence-corrected chi connectivity index (χ3v) is 2.03. The number of benzene rings is 1. The van der Waals surface area contributed by atoms with Crippen LogP contribution in [0.1, 0.15) is 18.9 Å². The van der Waals surface area contributed by atoms with Gasteiger partial charge in [0.05, 0.1) is 12.7 Å². The van der Waals surface area contributed by atoms with E-state index in [9.17, 15) is 5.11 Å². The lowest BCUT2D eigenvalue weighted by atomic mass is 10.1. The molecule has 0 aliphatic carbocycles. The second kappa shape index (κ2) is 6.43. The summed E-state index contributed by atoms with van der Waals surface area (Å²) in [6, 6.07) is 7.66. The third kappa shape index (κ3) is 4.81. The summed E-state index contributed by atoms with van der Waals surface area (Å²) in [5, 5.41) is 17.8. The molecule has 0 aliphatic rings. The van der Waals surface area contributed by atoms with Gasteiger partial charge in [-0.2, -0.15) is 0 Å². The maximum Gasteiger partial charge on any atom is 0.119 e. The molecule has 3 heteroatoms. The molecule has 0 bridgehead atoms. The SMILES string of the molecule is CC(O)Cc1ccc(OCCCO)cc1. The van der Waals surface area contributed by atoms with Gasteiger partial charge in [0, 0.05) is 13.0 Å². The van der Waals surface area contributed by atoms with Crippen molar-refractivity contribution in [3.63, 3.8) is 0 Å². The Balaban J connectivity index is 2.42. The van der Waals surface area contributed by atoms with E-state index in [-0.39, 0.29) is 12.7 Å². The van der Waals surface area contributed by atoms with Gasteiger partial charge in [-0.05, 0) is 31.0 Å². The van der Waals surface area contributed by atoms with Crippen LogP contribution in [0.25, 0.3) is 0 Å². The van der Waals surface area contributed by atoms with Crippen LogP contribution in [0, 0.1) is 0 Å². The van der Waals surface area contributed by atoms with Gasteiger partial charge in [-0.15, -0.1) is 0 Å². The first-order valence-corrected chi connectivity index (χ1v) is 5.23. The van der Waals surface area contributed by atoms with E-state index >= 15 is 0 Å². The first-order chi connectivity index (χ1) is 7.22. The molecule has 1 rings (SSSR count). The van der Waals surface area contributed by atoms with Crippen molar-refractivity contribution in [3.05, 3.63) is 29.8 Å². The summed E-state index contributed by atoms with van der Waals surface area (Å²) in [6.07, 6.45) is 0.998. The summed E-state index contributed by atoms with van der Waals surface area (Å²) in [6.45, 7) is 2.46.